The predicted molar refractivity (Wildman–Crippen MR) is 78.5 cm³/mol. The molecule has 1 rings (SSSR count). The largest absolute Gasteiger partial charge is 0.481 e. The van der Waals surface area contributed by atoms with Gasteiger partial charge in [0.2, 0.25) is 5.91 Å². The van der Waals surface area contributed by atoms with Crippen LogP contribution in [0.3, 0.4) is 0 Å². The number of amides is 1. The summed E-state index contributed by atoms with van der Waals surface area (Å²) < 4.78 is 0. The van der Waals surface area contributed by atoms with Gasteiger partial charge in [-0.2, -0.15) is 0 Å². The highest BCUT2D eigenvalue weighted by Crippen LogP contribution is 2.10. The van der Waals surface area contributed by atoms with Crippen molar-refractivity contribution in [1.82, 2.24) is 9.80 Å². The summed E-state index contributed by atoms with van der Waals surface area (Å²) in [5, 5.41) is 8.97. The molecule has 0 aromatic carbocycles. The Balaban J connectivity index is 2.52. The summed E-state index contributed by atoms with van der Waals surface area (Å²) in [6, 6.07) is 0. The molecule has 0 spiro atoms. The van der Waals surface area contributed by atoms with Crippen molar-refractivity contribution < 1.29 is 14.7 Å². The lowest BCUT2D eigenvalue weighted by molar-refractivity contribution is -0.142. The summed E-state index contributed by atoms with van der Waals surface area (Å²) >= 11 is 0. The lowest BCUT2D eigenvalue weighted by atomic mass is 10.1. The minimum absolute atomic E-state index is 0.103. The first-order valence-electron chi connectivity index (χ1n) is 7.38. The number of hydrogen-bond donors (Lipinski definition) is 1. The van der Waals surface area contributed by atoms with Crippen molar-refractivity contribution >= 4 is 11.9 Å². The number of carboxylic acid groups (broad SMARTS) is 1. The third-order valence-electron chi connectivity index (χ3n) is 3.66. The lowest BCUT2D eigenvalue weighted by Crippen LogP contribution is -2.43. The molecule has 0 aliphatic carbocycles. The molecule has 1 heterocycles. The number of carboxylic acids is 1. The first kappa shape index (κ1) is 16.7. The number of likely N-dealkylation sites (tertiary alicyclic amines) is 1. The molecule has 1 aliphatic rings. The number of carbonyl (C=O) groups excluding carboxylic acids is 1. The number of carbonyl (C=O) groups is 2. The highest BCUT2D eigenvalue weighted by atomic mass is 16.4. The maximum atomic E-state index is 12.3. The summed E-state index contributed by atoms with van der Waals surface area (Å²) in [5.74, 6) is -1.21. The van der Waals surface area contributed by atoms with E-state index in [1.807, 2.05) is 9.80 Å². The van der Waals surface area contributed by atoms with Gasteiger partial charge in [-0.15, -0.1) is 6.58 Å². The molecule has 0 radical (unpaired) electrons. The highest BCUT2D eigenvalue weighted by Gasteiger charge is 2.21. The van der Waals surface area contributed by atoms with E-state index >= 15 is 0 Å². The molecule has 1 saturated heterocycles. The minimum atomic E-state index is -0.832. The normalized spacial score (nSPS) is 17.6. The second-order valence-electron chi connectivity index (χ2n) is 5.52. The average molecular weight is 282 g/mol. The van der Waals surface area contributed by atoms with Gasteiger partial charge in [-0.25, -0.2) is 0 Å². The Kier molecular flexibility index (Phi) is 7.30. The van der Waals surface area contributed by atoms with E-state index in [0.29, 0.717) is 13.1 Å². The third-order valence-corrected chi connectivity index (χ3v) is 3.66. The van der Waals surface area contributed by atoms with E-state index in [1.54, 1.807) is 13.0 Å². The van der Waals surface area contributed by atoms with Crippen molar-refractivity contribution in [2.24, 2.45) is 5.92 Å². The van der Waals surface area contributed by atoms with Crippen LogP contribution >= 0.6 is 0 Å². The van der Waals surface area contributed by atoms with E-state index in [1.165, 1.54) is 12.8 Å². The summed E-state index contributed by atoms with van der Waals surface area (Å²) in [6.45, 7) is 8.19. The minimum Gasteiger partial charge on any atom is -0.481 e. The number of hydrogen-bond acceptors (Lipinski definition) is 3. The van der Waals surface area contributed by atoms with Gasteiger partial charge in [0.05, 0.1) is 12.5 Å². The topological polar surface area (TPSA) is 60.9 Å². The second-order valence-corrected chi connectivity index (χ2v) is 5.52. The molecule has 1 amide bonds. The zero-order valence-electron chi connectivity index (χ0n) is 12.4. The van der Waals surface area contributed by atoms with Gasteiger partial charge >= 0.3 is 5.97 Å². The van der Waals surface area contributed by atoms with Gasteiger partial charge in [0.1, 0.15) is 0 Å². The predicted octanol–water partition coefficient (Wildman–Crippen LogP) is 1.60. The summed E-state index contributed by atoms with van der Waals surface area (Å²) in [5.41, 5.74) is 0. The van der Waals surface area contributed by atoms with Crippen molar-refractivity contribution in [3.05, 3.63) is 12.7 Å². The number of rotatable bonds is 7. The van der Waals surface area contributed by atoms with Crippen molar-refractivity contribution in [2.75, 3.05) is 32.7 Å². The van der Waals surface area contributed by atoms with Gasteiger partial charge in [-0.05, 0) is 12.8 Å². The molecule has 20 heavy (non-hydrogen) atoms. The molecule has 1 unspecified atom stereocenters. The Morgan fingerprint density at radius 2 is 1.90 bits per heavy atom. The summed E-state index contributed by atoms with van der Waals surface area (Å²) in [4.78, 5) is 27.0. The van der Waals surface area contributed by atoms with E-state index in [9.17, 15) is 9.59 Å². The standard InChI is InChI=1S/C15H26N2O3/c1-3-8-16(11-13(2)15(19)20)12-14(18)17-9-6-4-5-7-10-17/h3,13H,1,4-12H2,2H3,(H,19,20). The number of nitrogens with zero attached hydrogens (tertiary/aromatic N) is 2. The molecule has 1 atom stereocenters. The molecule has 1 N–H and O–H groups in total. The molecular weight excluding hydrogens is 256 g/mol. The van der Waals surface area contributed by atoms with Crippen molar-refractivity contribution in [3.63, 3.8) is 0 Å². The van der Waals surface area contributed by atoms with E-state index in [-0.39, 0.29) is 12.5 Å². The summed E-state index contributed by atoms with van der Waals surface area (Å²) in [7, 11) is 0. The maximum absolute atomic E-state index is 12.3. The van der Waals surface area contributed by atoms with Crippen molar-refractivity contribution in [3.8, 4) is 0 Å². The van der Waals surface area contributed by atoms with Crippen molar-refractivity contribution in [2.45, 2.75) is 32.6 Å². The molecule has 0 aromatic heterocycles. The van der Waals surface area contributed by atoms with Crippen LogP contribution in [-0.2, 0) is 9.59 Å². The van der Waals surface area contributed by atoms with Crippen LogP contribution in [0.15, 0.2) is 12.7 Å². The Bertz CT molecular complexity index is 336. The fourth-order valence-corrected chi connectivity index (χ4v) is 2.46. The molecule has 0 bridgehead atoms. The van der Waals surface area contributed by atoms with E-state index in [2.05, 4.69) is 6.58 Å². The second kappa shape index (κ2) is 8.74. The Morgan fingerprint density at radius 1 is 1.30 bits per heavy atom. The van der Waals surface area contributed by atoms with Gasteiger partial charge in [-0.1, -0.05) is 25.8 Å². The molecule has 114 valence electrons. The maximum Gasteiger partial charge on any atom is 0.307 e. The SMILES string of the molecule is C=CCN(CC(=O)N1CCCCCC1)CC(C)C(=O)O. The third kappa shape index (κ3) is 5.74. The van der Waals surface area contributed by atoms with Crippen LogP contribution in [0.4, 0.5) is 0 Å². The first-order valence-corrected chi connectivity index (χ1v) is 7.38. The van der Waals surface area contributed by atoms with Gasteiger partial charge in [0.15, 0.2) is 0 Å². The highest BCUT2D eigenvalue weighted by molar-refractivity contribution is 5.78. The average Bonchev–Trinajstić information content (AvgIpc) is 2.67. The van der Waals surface area contributed by atoms with Gasteiger partial charge in [-0.3, -0.25) is 14.5 Å². The van der Waals surface area contributed by atoms with Crippen LogP contribution in [0.2, 0.25) is 0 Å². The van der Waals surface area contributed by atoms with E-state index in [4.69, 9.17) is 5.11 Å². The zero-order valence-corrected chi connectivity index (χ0v) is 12.4. The molecule has 5 nitrogen and oxygen atoms in total. The quantitative estimate of drug-likeness (QED) is 0.721. The van der Waals surface area contributed by atoms with E-state index < -0.39 is 11.9 Å². The Morgan fingerprint density at radius 3 is 2.40 bits per heavy atom. The van der Waals surface area contributed by atoms with Crippen LogP contribution in [-0.4, -0.2) is 59.5 Å². The smallest absolute Gasteiger partial charge is 0.307 e. The van der Waals surface area contributed by atoms with Crippen LogP contribution in [0.1, 0.15) is 32.6 Å². The molecule has 1 fully saturated rings. The molecule has 0 saturated carbocycles. The Labute approximate surface area is 121 Å². The summed E-state index contributed by atoms with van der Waals surface area (Å²) in [6.07, 6.45) is 6.23. The van der Waals surface area contributed by atoms with Crippen molar-refractivity contribution in [1.29, 1.82) is 0 Å². The molecule has 0 aromatic rings. The van der Waals surface area contributed by atoms with Crippen LogP contribution < -0.4 is 0 Å². The van der Waals surface area contributed by atoms with Gasteiger partial charge < -0.3 is 10.0 Å². The van der Waals surface area contributed by atoms with E-state index in [0.717, 1.165) is 25.9 Å². The lowest BCUT2D eigenvalue weighted by Gasteiger charge is -2.26. The zero-order chi connectivity index (χ0) is 15.0. The Hall–Kier alpha value is -1.36. The monoisotopic (exact) mass is 282 g/mol. The number of aliphatic carboxylic acids is 1. The molecule has 5 heteroatoms. The van der Waals surface area contributed by atoms with Gasteiger partial charge in [0.25, 0.3) is 0 Å². The first-order chi connectivity index (χ1) is 9.54. The molecule has 1 aliphatic heterocycles. The van der Waals surface area contributed by atoms with Crippen LogP contribution in [0.5, 0.6) is 0 Å². The van der Waals surface area contributed by atoms with Gasteiger partial charge in [0, 0.05) is 26.2 Å². The fourth-order valence-electron chi connectivity index (χ4n) is 2.46. The fraction of sp³-hybridized carbons (Fsp3) is 0.733. The molecular formula is C15H26N2O3. The van der Waals surface area contributed by atoms with Crippen LogP contribution in [0.25, 0.3) is 0 Å². The van der Waals surface area contributed by atoms with Crippen LogP contribution in [0, 0.1) is 5.92 Å².